The Bertz CT molecular complexity index is 1360. The summed E-state index contributed by atoms with van der Waals surface area (Å²) in [5.74, 6) is -2.42. The van der Waals surface area contributed by atoms with Crippen molar-refractivity contribution in [3.8, 4) is 0 Å². The first-order valence-corrected chi connectivity index (χ1v) is 14.4. The number of sulfonamides is 1. The minimum Gasteiger partial charge on any atom is -0.354 e. The van der Waals surface area contributed by atoms with Crippen LogP contribution in [0.3, 0.4) is 0 Å². The molecule has 0 aliphatic carbocycles. The van der Waals surface area contributed by atoms with Gasteiger partial charge in [-0.25, -0.2) is 13.4 Å². The third kappa shape index (κ3) is 9.12. The van der Waals surface area contributed by atoms with E-state index in [1.54, 1.807) is 0 Å². The van der Waals surface area contributed by atoms with E-state index in [0.29, 0.717) is 12.5 Å². The molecule has 2 aromatic rings. The molecule has 2 heterocycles. The lowest BCUT2D eigenvalue weighted by atomic mass is 10.0. The molecule has 220 valence electrons. The lowest BCUT2D eigenvalue weighted by Crippen LogP contribution is -2.45. The molecule has 15 heteroatoms. The average Bonchev–Trinajstić information content (AvgIpc) is 3.37. The number of aryl methyl sites for hydroxylation is 1. The molecule has 14 nitrogen and oxygen atoms in total. The van der Waals surface area contributed by atoms with E-state index in [1.807, 2.05) is 13.8 Å². The number of ketones is 1. The number of aromatic nitrogens is 3. The summed E-state index contributed by atoms with van der Waals surface area (Å²) in [4.78, 5) is 65.7. The van der Waals surface area contributed by atoms with Crippen LogP contribution >= 0.6 is 0 Å². The predicted molar refractivity (Wildman–Crippen MR) is 147 cm³/mol. The number of hydrogen-bond donors (Lipinski definition) is 4. The van der Waals surface area contributed by atoms with E-state index in [2.05, 4.69) is 25.7 Å². The molecule has 0 radical (unpaired) electrons. The quantitative estimate of drug-likeness (QED) is 0.198. The van der Waals surface area contributed by atoms with E-state index in [9.17, 15) is 32.4 Å². The first-order valence-electron chi connectivity index (χ1n) is 12.9. The monoisotopic (exact) mass is 579 g/mol. The summed E-state index contributed by atoms with van der Waals surface area (Å²) >= 11 is 0. The van der Waals surface area contributed by atoms with Gasteiger partial charge in [-0.3, -0.25) is 24.0 Å². The number of carbonyl (C=O) groups excluding carboxylic acids is 4. The van der Waals surface area contributed by atoms with E-state index in [-0.39, 0.29) is 42.6 Å². The van der Waals surface area contributed by atoms with Crippen LogP contribution in [-0.2, 0) is 42.8 Å². The van der Waals surface area contributed by atoms with Crippen LogP contribution in [0.2, 0.25) is 0 Å². The SMILES string of the molecule is CCC(CC)CNC(=O)Cn1cccc(NC(=O)[C@H](CCCC(=O)C(=O)NC)NS(=O)(=O)c2nccn2C)c1=O. The topological polar surface area (TPSA) is 190 Å². The number of likely N-dealkylation sites (N-methyl/N-ethyl adjacent to an activating group) is 1. The van der Waals surface area contributed by atoms with Gasteiger partial charge in [0.2, 0.25) is 22.8 Å². The Morgan fingerprint density at radius 3 is 2.40 bits per heavy atom. The zero-order valence-corrected chi connectivity index (χ0v) is 23.9. The van der Waals surface area contributed by atoms with Crippen LogP contribution in [0.4, 0.5) is 5.69 Å². The van der Waals surface area contributed by atoms with Gasteiger partial charge in [0.1, 0.15) is 18.3 Å². The highest BCUT2D eigenvalue weighted by atomic mass is 32.2. The molecule has 1 atom stereocenters. The average molecular weight is 580 g/mol. The molecule has 3 amide bonds. The van der Waals surface area contributed by atoms with Crippen LogP contribution in [0.5, 0.6) is 0 Å². The molecule has 0 unspecified atom stereocenters. The standard InChI is InChI=1S/C25H37N7O7S/c1-5-17(6-2)15-28-21(34)16-32-13-8-10-19(24(32)37)29-22(35)18(9-7-11-20(33)23(36)26-3)30-40(38,39)25-27-12-14-31(25)4/h8,10,12-14,17-18,30H,5-7,9,11,15-16H2,1-4H3,(H,26,36)(H,28,34)(H,29,35)/t18-/m0/s1. The zero-order valence-electron chi connectivity index (χ0n) is 23.1. The zero-order chi connectivity index (χ0) is 29.9. The first-order chi connectivity index (χ1) is 18.9. The van der Waals surface area contributed by atoms with Gasteiger partial charge in [-0.15, -0.1) is 0 Å². The summed E-state index contributed by atoms with van der Waals surface area (Å²) < 4.78 is 30.5. The summed E-state index contributed by atoms with van der Waals surface area (Å²) in [5, 5.41) is 7.09. The van der Waals surface area contributed by atoms with Gasteiger partial charge in [-0.2, -0.15) is 4.72 Å². The number of nitrogens with zero attached hydrogens (tertiary/aromatic N) is 3. The summed E-state index contributed by atoms with van der Waals surface area (Å²) in [7, 11) is -1.50. The van der Waals surface area contributed by atoms with Crippen LogP contribution in [0, 0.1) is 5.92 Å². The highest BCUT2D eigenvalue weighted by Crippen LogP contribution is 2.11. The number of hydrogen-bond acceptors (Lipinski definition) is 8. The Labute approximate surface area is 233 Å². The molecule has 0 saturated heterocycles. The number of anilines is 1. The maximum Gasteiger partial charge on any atom is 0.287 e. The van der Waals surface area contributed by atoms with E-state index < -0.39 is 39.2 Å². The summed E-state index contributed by atoms with van der Waals surface area (Å²) in [6.07, 6.45) is 5.53. The molecule has 0 aromatic carbocycles. The summed E-state index contributed by atoms with van der Waals surface area (Å²) in [5.41, 5.74) is -0.822. The second-order valence-corrected chi connectivity index (χ2v) is 10.8. The van der Waals surface area contributed by atoms with Gasteiger partial charge in [0.25, 0.3) is 21.5 Å². The van der Waals surface area contributed by atoms with Crippen molar-refractivity contribution < 1.29 is 27.6 Å². The summed E-state index contributed by atoms with van der Waals surface area (Å²) in [6.45, 7) is 4.28. The molecule has 2 aromatic heterocycles. The lowest BCUT2D eigenvalue weighted by Gasteiger charge is -2.18. The molecule has 0 spiro atoms. The Balaban J connectivity index is 2.20. The second kappa shape index (κ2) is 15.1. The van der Waals surface area contributed by atoms with Crippen LogP contribution in [-0.4, -0.2) is 65.7 Å². The Hall–Kier alpha value is -3.85. The minimum absolute atomic E-state index is 0.00311. The van der Waals surface area contributed by atoms with Crippen molar-refractivity contribution in [3.05, 3.63) is 41.1 Å². The van der Waals surface area contributed by atoms with E-state index in [1.165, 1.54) is 49.4 Å². The number of nitrogens with one attached hydrogen (secondary N) is 4. The molecule has 4 N–H and O–H groups in total. The van der Waals surface area contributed by atoms with Crippen molar-refractivity contribution in [1.29, 1.82) is 0 Å². The highest BCUT2D eigenvalue weighted by molar-refractivity contribution is 7.89. The van der Waals surface area contributed by atoms with Gasteiger partial charge >= 0.3 is 0 Å². The van der Waals surface area contributed by atoms with Crippen LogP contribution in [0.15, 0.2) is 40.7 Å². The van der Waals surface area contributed by atoms with Crippen LogP contribution < -0.4 is 26.2 Å². The van der Waals surface area contributed by atoms with Crippen molar-refractivity contribution in [2.45, 2.75) is 63.7 Å². The first kappa shape index (κ1) is 32.4. The molecule has 0 aliphatic rings. The number of Topliss-reactive ketones (excluding diaryl/α,β-unsaturated/α-hetero) is 1. The Morgan fingerprint density at radius 1 is 1.10 bits per heavy atom. The molecular weight excluding hydrogens is 542 g/mol. The molecular formula is C25H37N7O7S. The van der Waals surface area contributed by atoms with Crippen molar-refractivity contribution in [2.24, 2.45) is 13.0 Å². The molecule has 0 bridgehead atoms. The van der Waals surface area contributed by atoms with Crippen LogP contribution in [0.1, 0.15) is 46.0 Å². The van der Waals surface area contributed by atoms with E-state index >= 15 is 0 Å². The van der Waals surface area contributed by atoms with Crippen molar-refractivity contribution in [3.63, 3.8) is 0 Å². The van der Waals surface area contributed by atoms with Gasteiger partial charge in [-0.1, -0.05) is 26.7 Å². The maximum atomic E-state index is 13.2. The van der Waals surface area contributed by atoms with Crippen molar-refractivity contribution >= 4 is 39.2 Å². The van der Waals surface area contributed by atoms with E-state index in [4.69, 9.17) is 0 Å². The van der Waals surface area contributed by atoms with Gasteiger partial charge in [0.05, 0.1) is 0 Å². The van der Waals surface area contributed by atoms with Crippen LogP contribution in [0.25, 0.3) is 0 Å². The Kier molecular flexibility index (Phi) is 12.2. The third-order valence-electron chi connectivity index (χ3n) is 6.34. The van der Waals surface area contributed by atoms with Crippen molar-refractivity contribution in [1.82, 2.24) is 29.5 Å². The number of rotatable bonds is 16. The van der Waals surface area contributed by atoms with Gasteiger partial charge in [0.15, 0.2) is 0 Å². The van der Waals surface area contributed by atoms with Gasteiger partial charge in [0, 0.05) is 45.7 Å². The molecule has 0 saturated carbocycles. The predicted octanol–water partition coefficient (Wildman–Crippen LogP) is -0.0948. The van der Waals surface area contributed by atoms with E-state index in [0.717, 1.165) is 17.4 Å². The van der Waals surface area contributed by atoms with Crippen molar-refractivity contribution in [2.75, 3.05) is 18.9 Å². The molecule has 0 fully saturated rings. The maximum absolute atomic E-state index is 13.2. The third-order valence-corrected chi connectivity index (χ3v) is 7.81. The minimum atomic E-state index is -4.27. The molecule has 40 heavy (non-hydrogen) atoms. The number of amides is 3. The van der Waals surface area contributed by atoms with Gasteiger partial charge < -0.3 is 25.1 Å². The Morgan fingerprint density at radius 2 is 1.80 bits per heavy atom. The van der Waals surface area contributed by atoms with Gasteiger partial charge in [-0.05, 0) is 30.9 Å². The normalized spacial score (nSPS) is 12.1. The fourth-order valence-electron chi connectivity index (χ4n) is 3.84. The molecule has 0 aliphatic heterocycles. The summed E-state index contributed by atoms with van der Waals surface area (Å²) in [6, 6.07) is 1.40. The number of pyridine rings is 1. The number of carbonyl (C=O) groups is 4. The largest absolute Gasteiger partial charge is 0.354 e. The highest BCUT2D eigenvalue weighted by Gasteiger charge is 2.29. The molecule has 2 rings (SSSR count). The number of imidazole rings is 1. The fraction of sp³-hybridized carbons (Fsp3) is 0.520. The lowest BCUT2D eigenvalue weighted by molar-refractivity contribution is -0.137. The second-order valence-electron chi connectivity index (χ2n) is 9.22. The fourth-order valence-corrected chi connectivity index (χ4v) is 5.18. The smallest absolute Gasteiger partial charge is 0.287 e.